The lowest BCUT2D eigenvalue weighted by Crippen LogP contribution is -2.42. The third kappa shape index (κ3) is 4.83. The molecule has 0 radical (unpaired) electrons. The van der Waals surface area contributed by atoms with Gasteiger partial charge in [-0.3, -0.25) is 9.59 Å². The molecule has 33 heavy (non-hydrogen) atoms. The van der Waals surface area contributed by atoms with E-state index in [-0.39, 0.29) is 11.8 Å². The summed E-state index contributed by atoms with van der Waals surface area (Å²) in [4.78, 5) is 25.9. The molecule has 2 atom stereocenters. The summed E-state index contributed by atoms with van der Waals surface area (Å²) in [5.74, 6) is 0.653. The molecule has 2 amide bonds. The van der Waals surface area contributed by atoms with Crippen molar-refractivity contribution in [1.29, 1.82) is 0 Å². The summed E-state index contributed by atoms with van der Waals surface area (Å²) in [6.45, 7) is 0. The number of ether oxygens (including phenoxy) is 2. The zero-order chi connectivity index (χ0) is 23.4. The number of nitrogens with one attached hydrogen (secondary N) is 2. The summed E-state index contributed by atoms with van der Waals surface area (Å²) in [6, 6.07) is 20.0. The highest BCUT2D eigenvalue weighted by Gasteiger charge is 2.48. The molecule has 1 aliphatic rings. The maximum absolute atomic E-state index is 13.0. The van der Waals surface area contributed by atoms with Crippen LogP contribution in [0.3, 0.4) is 0 Å². The summed E-state index contributed by atoms with van der Waals surface area (Å²) in [5.41, 5.74) is 4.88. The van der Waals surface area contributed by atoms with Crippen LogP contribution < -0.4 is 20.2 Å². The van der Waals surface area contributed by atoms with Gasteiger partial charge in [0.05, 0.1) is 19.8 Å². The van der Waals surface area contributed by atoms with Crippen molar-refractivity contribution in [3.8, 4) is 11.5 Å². The Hall–Kier alpha value is -3.84. The Balaban J connectivity index is 1.72. The van der Waals surface area contributed by atoms with Crippen LogP contribution in [0.4, 0.5) is 0 Å². The van der Waals surface area contributed by atoms with Crippen molar-refractivity contribution in [3.05, 3.63) is 94.5 Å². The average molecular weight is 465 g/mol. The molecule has 0 bridgehead atoms. The molecule has 2 N–H and O–H groups in total. The number of rotatable bonds is 6. The smallest absolute Gasteiger partial charge is 0.304 e. The molecule has 3 aromatic carbocycles. The van der Waals surface area contributed by atoms with Crippen molar-refractivity contribution in [3.63, 3.8) is 0 Å². The summed E-state index contributed by atoms with van der Waals surface area (Å²) >= 11 is 5.93. The fraction of sp³-hybridized carbons (Fsp3) is 0.160. The summed E-state index contributed by atoms with van der Waals surface area (Å²) < 4.78 is 12.4. The van der Waals surface area contributed by atoms with Crippen LogP contribution in [0.2, 0.25) is 5.02 Å². The molecule has 8 heteroatoms. The van der Waals surface area contributed by atoms with Gasteiger partial charge in [-0.05, 0) is 60.7 Å². The maximum Gasteiger partial charge on any atom is 0.304 e. The first-order valence-electron chi connectivity index (χ1n) is 10.3. The molecular formula is C25H23ClN3O4+. The average Bonchev–Trinajstić information content (AvgIpc) is 3.14. The monoisotopic (exact) mass is 464 g/mol. The topological polar surface area (TPSA) is 79.7 Å². The third-order valence-electron chi connectivity index (χ3n) is 5.40. The van der Waals surface area contributed by atoms with Gasteiger partial charge in [-0.1, -0.05) is 23.7 Å². The molecule has 0 spiro atoms. The van der Waals surface area contributed by atoms with E-state index < -0.39 is 12.1 Å². The van der Waals surface area contributed by atoms with Crippen LogP contribution >= 0.6 is 11.6 Å². The molecule has 1 aliphatic heterocycles. The molecule has 7 nitrogen and oxygen atoms in total. The summed E-state index contributed by atoms with van der Waals surface area (Å²) in [6.07, 6.45) is 1.79. The van der Waals surface area contributed by atoms with Gasteiger partial charge in [-0.2, -0.15) is 0 Å². The summed E-state index contributed by atoms with van der Waals surface area (Å²) in [5, 5.41) is 3.39. The van der Waals surface area contributed by atoms with E-state index >= 15 is 0 Å². The predicted molar refractivity (Wildman–Crippen MR) is 125 cm³/mol. The minimum atomic E-state index is -0.840. The molecule has 168 valence electrons. The molecule has 0 saturated carbocycles. The number of nitrogens with zero attached hydrogens (tertiary/aromatic N) is 1. The number of methoxy groups -OCH3 is 2. The fourth-order valence-electron chi connectivity index (χ4n) is 3.73. The molecule has 0 aliphatic carbocycles. The minimum Gasteiger partial charge on any atom is -0.497 e. The first kappa shape index (κ1) is 22.4. The lowest BCUT2D eigenvalue weighted by Gasteiger charge is -2.15. The quantitative estimate of drug-likeness (QED) is 0.548. The fourth-order valence-corrected chi connectivity index (χ4v) is 3.86. The van der Waals surface area contributed by atoms with E-state index in [1.54, 1.807) is 49.4 Å². The van der Waals surface area contributed by atoms with Crippen molar-refractivity contribution >= 4 is 29.6 Å². The number of amides is 2. The zero-order valence-electron chi connectivity index (χ0n) is 18.1. The number of hydrogen-bond acceptors (Lipinski definition) is 4. The SMILES string of the molecule is COc1ccc([C@H]2[C@H](NC(=O)c3ccc(Cl)cc3)C(=O)N/[N+]2=C\c2ccccc2OC)cc1. The normalized spacial score (nSPS) is 18.6. The minimum absolute atomic E-state index is 0.329. The van der Waals surface area contributed by atoms with Gasteiger partial charge in [-0.15, -0.1) is 10.1 Å². The highest BCUT2D eigenvalue weighted by atomic mass is 35.5. The molecule has 1 saturated heterocycles. The number of benzene rings is 3. The number of hydrogen-bond donors (Lipinski definition) is 2. The van der Waals surface area contributed by atoms with E-state index in [0.29, 0.717) is 22.1 Å². The van der Waals surface area contributed by atoms with Crippen LogP contribution in [-0.2, 0) is 4.79 Å². The van der Waals surface area contributed by atoms with Crippen LogP contribution in [0.15, 0.2) is 72.8 Å². The van der Waals surface area contributed by atoms with E-state index in [1.807, 2.05) is 48.5 Å². The number of hydrazine groups is 1. The van der Waals surface area contributed by atoms with Gasteiger partial charge in [0, 0.05) is 16.1 Å². The molecule has 0 unspecified atom stereocenters. The molecule has 0 aromatic heterocycles. The second-order valence-corrected chi connectivity index (χ2v) is 7.87. The lowest BCUT2D eigenvalue weighted by atomic mass is 9.99. The number of para-hydroxylation sites is 1. The largest absolute Gasteiger partial charge is 0.497 e. The second kappa shape index (κ2) is 9.75. The molecule has 1 heterocycles. The van der Waals surface area contributed by atoms with Crippen LogP contribution in [0.5, 0.6) is 11.5 Å². The Morgan fingerprint density at radius 2 is 1.70 bits per heavy atom. The van der Waals surface area contributed by atoms with Crippen molar-refractivity contribution in [1.82, 2.24) is 10.7 Å². The van der Waals surface area contributed by atoms with Crippen LogP contribution in [0.1, 0.15) is 27.5 Å². The summed E-state index contributed by atoms with van der Waals surface area (Å²) in [7, 11) is 3.18. The Kier molecular flexibility index (Phi) is 6.60. The second-order valence-electron chi connectivity index (χ2n) is 7.43. The van der Waals surface area contributed by atoms with E-state index in [2.05, 4.69) is 10.7 Å². The molecular weight excluding hydrogens is 442 g/mol. The molecule has 1 fully saturated rings. The van der Waals surface area contributed by atoms with Crippen LogP contribution in [-0.4, -0.2) is 43.0 Å². The van der Waals surface area contributed by atoms with Crippen LogP contribution in [0.25, 0.3) is 0 Å². The van der Waals surface area contributed by atoms with E-state index in [0.717, 1.165) is 11.1 Å². The highest BCUT2D eigenvalue weighted by Crippen LogP contribution is 2.28. The van der Waals surface area contributed by atoms with Gasteiger partial charge >= 0.3 is 5.91 Å². The maximum atomic E-state index is 13.0. The Labute approximate surface area is 196 Å². The Bertz CT molecular complexity index is 1190. The lowest BCUT2D eigenvalue weighted by molar-refractivity contribution is -0.596. The van der Waals surface area contributed by atoms with Gasteiger partial charge in [0.25, 0.3) is 5.91 Å². The van der Waals surface area contributed by atoms with Crippen molar-refractivity contribution in [2.75, 3.05) is 14.2 Å². The first-order valence-corrected chi connectivity index (χ1v) is 10.6. The van der Waals surface area contributed by atoms with Gasteiger partial charge in [0.2, 0.25) is 12.3 Å². The van der Waals surface area contributed by atoms with E-state index in [9.17, 15) is 9.59 Å². The van der Waals surface area contributed by atoms with Crippen LogP contribution in [0, 0.1) is 0 Å². The predicted octanol–water partition coefficient (Wildman–Crippen LogP) is 3.37. The highest BCUT2D eigenvalue weighted by molar-refractivity contribution is 6.30. The molecule has 3 aromatic rings. The third-order valence-corrected chi connectivity index (χ3v) is 5.66. The standard InChI is InChI=1S/C25H22ClN3O4/c1-32-20-13-9-16(10-14-20)23-22(27-24(30)17-7-11-19(26)12-8-17)25(31)28-29(23)15-18-5-3-4-6-21(18)33-2/h3-15,22-23H,1-2H3,(H-,27,28,30,31)/p+1/b29-15-/t22-,23-/m0/s1. The molecule has 4 rings (SSSR count). The Morgan fingerprint density at radius 3 is 2.36 bits per heavy atom. The van der Waals surface area contributed by atoms with Crippen molar-refractivity contribution < 1.29 is 23.7 Å². The first-order chi connectivity index (χ1) is 16.0. The number of carbonyl (C=O) groups is 2. The Morgan fingerprint density at radius 1 is 1.00 bits per heavy atom. The zero-order valence-corrected chi connectivity index (χ0v) is 18.9. The van der Waals surface area contributed by atoms with Crippen molar-refractivity contribution in [2.24, 2.45) is 0 Å². The number of halogens is 1. The van der Waals surface area contributed by atoms with Gasteiger partial charge in [0.1, 0.15) is 11.5 Å². The number of hydrazone groups is 1. The number of carbonyl (C=O) groups excluding carboxylic acids is 2. The van der Waals surface area contributed by atoms with Gasteiger partial charge < -0.3 is 14.8 Å². The van der Waals surface area contributed by atoms with Crippen molar-refractivity contribution in [2.45, 2.75) is 12.1 Å². The van der Waals surface area contributed by atoms with Gasteiger partial charge in [-0.25, -0.2) is 0 Å². The van der Waals surface area contributed by atoms with E-state index in [1.165, 1.54) is 0 Å². The van der Waals surface area contributed by atoms with E-state index in [4.69, 9.17) is 21.1 Å². The van der Waals surface area contributed by atoms with Gasteiger partial charge in [0.15, 0.2) is 6.04 Å².